The molecule has 0 aliphatic carbocycles. The molecule has 20 heavy (non-hydrogen) atoms. The fraction of sp³-hybridized carbons (Fsp3) is 0.286. The van der Waals surface area contributed by atoms with E-state index >= 15 is 0 Å². The van der Waals surface area contributed by atoms with Crippen molar-refractivity contribution in [2.24, 2.45) is 0 Å². The SMILES string of the molecule is Cc1cc(Cc2cnc(N)nc2N)cc2c1NN(C)C2. The maximum atomic E-state index is 5.89. The first-order valence-electron chi connectivity index (χ1n) is 6.50. The smallest absolute Gasteiger partial charge is 0.221 e. The lowest BCUT2D eigenvalue weighted by Crippen LogP contribution is -2.16. The van der Waals surface area contributed by atoms with Crippen LogP contribution in [0.1, 0.15) is 22.3 Å². The number of aromatic nitrogens is 2. The van der Waals surface area contributed by atoms with Gasteiger partial charge in [0, 0.05) is 31.8 Å². The third kappa shape index (κ3) is 2.25. The summed E-state index contributed by atoms with van der Waals surface area (Å²) in [6.45, 7) is 3.01. The van der Waals surface area contributed by atoms with E-state index in [-0.39, 0.29) is 5.95 Å². The van der Waals surface area contributed by atoms with Crippen molar-refractivity contribution in [3.63, 3.8) is 0 Å². The van der Waals surface area contributed by atoms with Crippen LogP contribution in [0.4, 0.5) is 17.5 Å². The fourth-order valence-corrected chi connectivity index (χ4v) is 2.60. The van der Waals surface area contributed by atoms with E-state index in [1.54, 1.807) is 6.20 Å². The lowest BCUT2D eigenvalue weighted by atomic mass is 10.00. The third-order valence-corrected chi connectivity index (χ3v) is 3.50. The van der Waals surface area contributed by atoms with Crippen molar-refractivity contribution < 1.29 is 0 Å². The van der Waals surface area contributed by atoms with Crippen molar-refractivity contribution in [3.8, 4) is 0 Å². The molecule has 2 aromatic rings. The van der Waals surface area contributed by atoms with Crippen LogP contribution >= 0.6 is 0 Å². The van der Waals surface area contributed by atoms with Gasteiger partial charge in [-0.25, -0.2) is 9.99 Å². The Balaban J connectivity index is 1.92. The highest BCUT2D eigenvalue weighted by molar-refractivity contribution is 5.61. The van der Waals surface area contributed by atoms with Gasteiger partial charge in [-0.05, 0) is 23.6 Å². The molecule has 0 amide bonds. The highest BCUT2D eigenvalue weighted by Crippen LogP contribution is 2.30. The Bertz CT molecular complexity index is 667. The fourth-order valence-electron chi connectivity index (χ4n) is 2.60. The van der Waals surface area contributed by atoms with Crippen molar-refractivity contribution >= 4 is 17.5 Å². The molecule has 0 spiro atoms. The summed E-state index contributed by atoms with van der Waals surface area (Å²) >= 11 is 0. The number of nitrogens with one attached hydrogen (secondary N) is 1. The standard InChI is InChI=1S/C14H18N6/c1-8-3-9(5-11-7-20(2)19-12(8)11)4-10-6-17-14(16)18-13(10)15/h3,5-6,19H,4,7H2,1-2H3,(H4,15,16,17,18). The third-order valence-electron chi connectivity index (χ3n) is 3.50. The summed E-state index contributed by atoms with van der Waals surface area (Å²) in [4.78, 5) is 8.01. The normalized spacial score (nSPS) is 14.1. The summed E-state index contributed by atoms with van der Waals surface area (Å²) in [5.74, 6) is 0.660. The van der Waals surface area contributed by atoms with Crippen molar-refractivity contribution in [3.05, 3.63) is 40.6 Å². The van der Waals surface area contributed by atoms with Crippen LogP contribution in [0.3, 0.4) is 0 Å². The summed E-state index contributed by atoms with van der Waals surface area (Å²) in [6.07, 6.45) is 2.41. The number of rotatable bonds is 2. The zero-order chi connectivity index (χ0) is 14.3. The van der Waals surface area contributed by atoms with Gasteiger partial charge in [-0.1, -0.05) is 12.1 Å². The van der Waals surface area contributed by atoms with Crippen molar-refractivity contribution in [1.82, 2.24) is 15.0 Å². The monoisotopic (exact) mass is 270 g/mol. The summed E-state index contributed by atoms with van der Waals surface area (Å²) in [6, 6.07) is 4.37. The van der Waals surface area contributed by atoms with Gasteiger partial charge in [0.05, 0.1) is 5.69 Å². The van der Waals surface area contributed by atoms with Gasteiger partial charge in [0.15, 0.2) is 0 Å². The lowest BCUT2D eigenvalue weighted by Gasteiger charge is -2.10. The van der Waals surface area contributed by atoms with Crippen molar-refractivity contribution in [1.29, 1.82) is 0 Å². The van der Waals surface area contributed by atoms with Gasteiger partial charge in [0.2, 0.25) is 5.95 Å². The average Bonchev–Trinajstić information content (AvgIpc) is 2.74. The number of hydrazine groups is 1. The molecular formula is C14H18N6. The molecule has 104 valence electrons. The van der Waals surface area contributed by atoms with Crippen LogP contribution in [0.5, 0.6) is 0 Å². The number of benzene rings is 1. The van der Waals surface area contributed by atoms with Crippen LogP contribution in [0, 0.1) is 6.92 Å². The van der Waals surface area contributed by atoms with Crippen LogP contribution < -0.4 is 16.9 Å². The molecule has 0 fully saturated rings. The molecule has 2 heterocycles. The summed E-state index contributed by atoms with van der Waals surface area (Å²) in [5, 5.41) is 2.07. The second kappa shape index (κ2) is 4.64. The van der Waals surface area contributed by atoms with Gasteiger partial charge in [0.1, 0.15) is 5.82 Å². The van der Waals surface area contributed by atoms with Crippen molar-refractivity contribution in [2.45, 2.75) is 19.9 Å². The van der Waals surface area contributed by atoms with E-state index in [0.717, 1.165) is 12.1 Å². The number of nitrogens with zero attached hydrogens (tertiary/aromatic N) is 3. The van der Waals surface area contributed by atoms with Gasteiger partial charge in [0.25, 0.3) is 0 Å². The van der Waals surface area contributed by atoms with Gasteiger partial charge < -0.3 is 16.9 Å². The number of nitrogen functional groups attached to an aromatic ring is 2. The predicted octanol–water partition coefficient (Wildman–Crippen LogP) is 1.31. The van der Waals surface area contributed by atoms with Gasteiger partial charge in [-0.15, -0.1) is 0 Å². The van der Waals surface area contributed by atoms with Gasteiger partial charge >= 0.3 is 0 Å². The van der Waals surface area contributed by atoms with E-state index in [9.17, 15) is 0 Å². The Morgan fingerprint density at radius 1 is 1.35 bits per heavy atom. The second-order valence-corrected chi connectivity index (χ2v) is 5.23. The first-order chi connectivity index (χ1) is 9.52. The lowest BCUT2D eigenvalue weighted by molar-refractivity contribution is 0.422. The molecule has 0 radical (unpaired) electrons. The molecule has 0 saturated heterocycles. The van der Waals surface area contributed by atoms with E-state index in [1.165, 1.54) is 22.4 Å². The summed E-state index contributed by atoms with van der Waals surface area (Å²) < 4.78 is 0. The van der Waals surface area contributed by atoms with Crippen molar-refractivity contribution in [2.75, 3.05) is 23.9 Å². The molecule has 5 N–H and O–H groups in total. The Labute approximate surface area is 117 Å². The molecule has 3 rings (SSSR count). The minimum absolute atomic E-state index is 0.210. The molecule has 0 unspecified atom stereocenters. The van der Waals surface area contributed by atoms with E-state index < -0.39 is 0 Å². The number of hydrogen-bond acceptors (Lipinski definition) is 6. The maximum absolute atomic E-state index is 5.89. The first-order valence-corrected chi connectivity index (χ1v) is 6.50. The highest BCUT2D eigenvalue weighted by atomic mass is 15.5. The molecule has 6 heteroatoms. The topological polar surface area (TPSA) is 93.1 Å². The van der Waals surface area contributed by atoms with E-state index in [0.29, 0.717) is 12.2 Å². The first kappa shape index (κ1) is 12.7. The van der Waals surface area contributed by atoms with E-state index in [4.69, 9.17) is 11.5 Å². The summed E-state index contributed by atoms with van der Waals surface area (Å²) in [5.41, 5.74) is 20.6. The van der Waals surface area contributed by atoms with E-state index in [1.807, 2.05) is 7.05 Å². The number of hydrogen-bond donors (Lipinski definition) is 3. The zero-order valence-corrected chi connectivity index (χ0v) is 11.6. The van der Waals surface area contributed by atoms with Crippen LogP contribution in [-0.4, -0.2) is 22.0 Å². The number of aryl methyl sites for hydroxylation is 1. The quantitative estimate of drug-likeness (QED) is 0.762. The molecule has 0 bridgehead atoms. The Morgan fingerprint density at radius 2 is 2.15 bits per heavy atom. The molecule has 0 atom stereocenters. The van der Waals surface area contributed by atoms with Crippen LogP contribution in [0.15, 0.2) is 18.3 Å². The van der Waals surface area contributed by atoms with Crippen LogP contribution in [0.25, 0.3) is 0 Å². The largest absolute Gasteiger partial charge is 0.383 e. The minimum Gasteiger partial charge on any atom is -0.383 e. The number of fused-ring (bicyclic) bond motifs is 1. The Hall–Kier alpha value is -2.34. The maximum Gasteiger partial charge on any atom is 0.221 e. The van der Waals surface area contributed by atoms with Gasteiger partial charge in [-0.2, -0.15) is 4.98 Å². The van der Waals surface area contributed by atoms with E-state index in [2.05, 4.69) is 39.5 Å². The molecule has 1 aliphatic rings. The molecule has 6 nitrogen and oxygen atoms in total. The molecule has 1 aliphatic heterocycles. The molecule has 0 saturated carbocycles. The molecule has 1 aromatic carbocycles. The van der Waals surface area contributed by atoms with Crippen LogP contribution in [-0.2, 0) is 13.0 Å². The Kier molecular flexibility index (Phi) is 2.94. The van der Waals surface area contributed by atoms with Crippen LogP contribution in [0.2, 0.25) is 0 Å². The Morgan fingerprint density at radius 3 is 2.90 bits per heavy atom. The average molecular weight is 270 g/mol. The number of anilines is 3. The van der Waals surface area contributed by atoms with Gasteiger partial charge in [-0.3, -0.25) is 0 Å². The minimum atomic E-state index is 0.210. The molecule has 1 aromatic heterocycles. The molecular weight excluding hydrogens is 252 g/mol. The zero-order valence-electron chi connectivity index (χ0n) is 11.6. The highest BCUT2D eigenvalue weighted by Gasteiger charge is 2.18. The second-order valence-electron chi connectivity index (χ2n) is 5.23. The predicted molar refractivity (Wildman–Crippen MR) is 79.9 cm³/mol. The number of nitrogens with two attached hydrogens (primary N) is 2. The summed E-state index contributed by atoms with van der Waals surface area (Å²) in [7, 11) is 2.03.